The summed E-state index contributed by atoms with van der Waals surface area (Å²) in [5.74, 6) is 0. The van der Waals surface area contributed by atoms with Crippen molar-refractivity contribution >= 4 is 0 Å². The summed E-state index contributed by atoms with van der Waals surface area (Å²) < 4.78 is 0. The highest BCUT2D eigenvalue weighted by atomic mass is 35.5. The summed E-state index contributed by atoms with van der Waals surface area (Å²) in [6.07, 6.45) is 5.81. The van der Waals surface area contributed by atoms with Crippen LogP contribution >= 0.6 is 0 Å². The van der Waals surface area contributed by atoms with Gasteiger partial charge in [-0.2, -0.15) is 0 Å². The highest BCUT2D eigenvalue weighted by Crippen LogP contribution is 2.01. The molecule has 0 saturated carbocycles. The van der Waals surface area contributed by atoms with Crippen LogP contribution in [-0.4, -0.2) is 23.5 Å². The smallest absolute Gasteiger partial charge is 0.0932 e. The van der Waals surface area contributed by atoms with Crippen molar-refractivity contribution in [1.82, 2.24) is 9.80 Å². The van der Waals surface area contributed by atoms with Crippen molar-refractivity contribution in [3.8, 4) is 0 Å². The van der Waals surface area contributed by atoms with Crippen LogP contribution in [0.3, 0.4) is 0 Å². The molecule has 0 aromatic carbocycles. The van der Waals surface area contributed by atoms with Crippen LogP contribution in [0.15, 0.2) is 25.2 Å². The number of hydrogen-bond donors (Lipinski definition) is 0. The minimum atomic E-state index is 0. The third-order valence-electron chi connectivity index (χ3n) is 1.13. The Morgan fingerprint density at radius 1 is 1.56 bits per heavy atom. The Hall–Kier alpha value is -0.630. The Kier molecular flexibility index (Phi) is 3.17. The number of rotatable bonds is 1. The molecule has 1 heterocycles. The zero-order valence-electron chi connectivity index (χ0n) is 5.42. The third-order valence-corrected chi connectivity index (χ3v) is 1.13. The Morgan fingerprint density at radius 2 is 2.22 bits per heavy atom. The molecule has 1 aliphatic heterocycles. The topological polar surface area (TPSA) is 6.48 Å². The molecule has 0 radical (unpaired) electrons. The van der Waals surface area contributed by atoms with Crippen molar-refractivity contribution in [2.45, 2.75) is 0 Å². The van der Waals surface area contributed by atoms with Gasteiger partial charge in [-0.1, -0.05) is 6.58 Å². The van der Waals surface area contributed by atoms with Crippen molar-refractivity contribution in [3.05, 3.63) is 25.2 Å². The fourth-order valence-electron chi connectivity index (χ4n) is 0.670. The minimum absolute atomic E-state index is 0. The zero-order chi connectivity index (χ0) is 5.98. The van der Waals surface area contributed by atoms with Crippen molar-refractivity contribution in [1.29, 1.82) is 0 Å². The molecule has 0 atom stereocenters. The summed E-state index contributed by atoms with van der Waals surface area (Å²) >= 11 is 0. The van der Waals surface area contributed by atoms with Gasteiger partial charge in [0.15, 0.2) is 0 Å². The van der Waals surface area contributed by atoms with Crippen molar-refractivity contribution < 1.29 is 12.4 Å². The molecular weight excluding hydrogens is 136 g/mol. The van der Waals surface area contributed by atoms with Crippen LogP contribution in [-0.2, 0) is 0 Å². The molecule has 0 aromatic heterocycles. The van der Waals surface area contributed by atoms with Gasteiger partial charge in [0, 0.05) is 19.4 Å². The maximum absolute atomic E-state index is 3.63. The molecule has 3 heteroatoms. The molecule has 0 unspecified atom stereocenters. The van der Waals surface area contributed by atoms with E-state index in [2.05, 4.69) is 11.5 Å². The number of halogens is 1. The lowest BCUT2D eigenvalue weighted by Gasteiger charge is -2.11. The van der Waals surface area contributed by atoms with E-state index in [4.69, 9.17) is 0 Å². The molecule has 0 N–H and O–H groups in total. The first kappa shape index (κ1) is 8.37. The maximum Gasteiger partial charge on any atom is 0.0932 e. The first-order valence-electron chi connectivity index (χ1n) is 2.60. The summed E-state index contributed by atoms with van der Waals surface area (Å²) in [4.78, 5) is 4.10. The molecule has 0 aromatic rings. The summed E-state index contributed by atoms with van der Waals surface area (Å²) in [7, 11) is 2.03. The highest BCUT2D eigenvalue weighted by Gasteiger charge is 2.01. The van der Waals surface area contributed by atoms with Crippen LogP contribution in [0.2, 0.25) is 0 Å². The van der Waals surface area contributed by atoms with E-state index in [1.54, 1.807) is 6.20 Å². The quantitative estimate of drug-likeness (QED) is 0.414. The lowest BCUT2D eigenvalue weighted by molar-refractivity contribution is -0.00000171. The van der Waals surface area contributed by atoms with Crippen LogP contribution in [0.5, 0.6) is 0 Å². The van der Waals surface area contributed by atoms with Gasteiger partial charge in [0.2, 0.25) is 0 Å². The summed E-state index contributed by atoms with van der Waals surface area (Å²) in [5.41, 5.74) is 0. The molecular formula is C6H10ClN2-. The van der Waals surface area contributed by atoms with Gasteiger partial charge in [0.05, 0.1) is 6.67 Å². The molecule has 1 aliphatic rings. The second-order valence-corrected chi connectivity index (χ2v) is 1.89. The van der Waals surface area contributed by atoms with Crippen LogP contribution in [0.25, 0.3) is 0 Å². The second kappa shape index (κ2) is 3.41. The Bertz CT molecular complexity index is 122. The molecule has 0 bridgehead atoms. The molecule has 0 saturated heterocycles. The van der Waals surface area contributed by atoms with Gasteiger partial charge in [-0.3, -0.25) is 0 Å². The fraction of sp³-hybridized carbons (Fsp3) is 0.333. The van der Waals surface area contributed by atoms with Crippen LogP contribution in [0, 0.1) is 0 Å². The summed E-state index contributed by atoms with van der Waals surface area (Å²) in [6.45, 7) is 4.56. The average molecular weight is 146 g/mol. The van der Waals surface area contributed by atoms with E-state index >= 15 is 0 Å². The predicted molar refractivity (Wildman–Crippen MR) is 33.8 cm³/mol. The van der Waals surface area contributed by atoms with E-state index in [0.29, 0.717) is 0 Å². The Balaban J connectivity index is 0.000000640. The normalized spacial score (nSPS) is 15.7. The Morgan fingerprint density at radius 3 is 2.44 bits per heavy atom. The largest absolute Gasteiger partial charge is 1.00 e. The van der Waals surface area contributed by atoms with Gasteiger partial charge in [-0.25, -0.2) is 0 Å². The van der Waals surface area contributed by atoms with Gasteiger partial charge in [-0.15, -0.1) is 0 Å². The van der Waals surface area contributed by atoms with E-state index in [9.17, 15) is 0 Å². The first-order chi connectivity index (χ1) is 3.83. The van der Waals surface area contributed by atoms with Crippen molar-refractivity contribution in [3.63, 3.8) is 0 Å². The molecule has 0 spiro atoms. The fourth-order valence-corrected chi connectivity index (χ4v) is 0.670. The van der Waals surface area contributed by atoms with Gasteiger partial charge in [0.1, 0.15) is 0 Å². The molecule has 1 rings (SSSR count). The van der Waals surface area contributed by atoms with E-state index < -0.39 is 0 Å². The minimum Gasteiger partial charge on any atom is -1.00 e. The number of nitrogens with zero attached hydrogens (tertiary/aromatic N) is 2. The maximum atomic E-state index is 3.63. The molecule has 52 valence electrons. The third kappa shape index (κ3) is 1.98. The van der Waals surface area contributed by atoms with Crippen LogP contribution in [0.4, 0.5) is 0 Å². The van der Waals surface area contributed by atoms with E-state index in [0.717, 1.165) is 6.67 Å². The Labute approximate surface area is 61.9 Å². The average Bonchev–Trinajstić information content (AvgIpc) is 2.14. The first-order valence-corrected chi connectivity index (χ1v) is 2.60. The van der Waals surface area contributed by atoms with Gasteiger partial charge in [0.25, 0.3) is 0 Å². The molecule has 9 heavy (non-hydrogen) atoms. The number of hydrogen-bond acceptors (Lipinski definition) is 2. The van der Waals surface area contributed by atoms with Gasteiger partial charge in [-0.05, 0) is 6.20 Å². The summed E-state index contributed by atoms with van der Waals surface area (Å²) in [5, 5.41) is 0. The monoisotopic (exact) mass is 145 g/mol. The lowest BCUT2D eigenvalue weighted by atomic mass is 10.8. The molecule has 2 nitrogen and oxygen atoms in total. The van der Waals surface area contributed by atoms with Gasteiger partial charge >= 0.3 is 0 Å². The molecule has 0 aliphatic carbocycles. The standard InChI is InChI=1S/C6H10N2.ClH/c1-3-8-5-4-7(2)6-8;/h3-5H,1,6H2,2H3;1H/p-1. The predicted octanol–water partition coefficient (Wildman–Crippen LogP) is -2.19. The summed E-state index contributed by atoms with van der Waals surface area (Å²) in [6, 6.07) is 0. The molecule has 0 amide bonds. The SMILES string of the molecule is C=CN1C=CN(C)C1.[Cl-]. The molecule has 0 fully saturated rings. The van der Waals surface area contributed by atoms with Crippen molar-refractivity contribution in [2.75, 3.05) is 13.7 Å². The lowest BCUT2D eigenvalue weighted by Crippen LogP contribution is -3.00. The van der Waals surface area contributed by atoms with Gasteiger partial charge < -0.3 is 22.2 Å². The van der Waals surface area contributed by atoms with E-state index in [1.807, 2.05) is 24.3 Å². The zero-order valence-corrected chi connectivity index (χ0v) is 6.17. The van der Waals surface area contributed by atoms with E-state index in [-0.39, 0.29) is 12.4 Å². The van der Waals surface area contributed by atoms with Crippen LogP contribution in [0.1, 0.15) is 0 Å². The highest BCUT2D eigenvalue weighted by molar-refractivity contribution is 4.93. The van der Waals surface area contributed by atoms with Crippen LogP contribution < -0.4 is 12.4 Å². The second-order valence-electron chi connectivity index (χ2n) is 1.89. The van der Waals surface area contributed by atoms with Crippen molar-refractivity contribution in [2.24, 2.45) is 0 Å². The van der Waals surface area contributed by atoms with E-state index in [1.165, 1.54) is 0 Å².